The highest BCUT2D eigenvalue weighted by molar-refractivity contribution is 6.01. The fraction of sp³-hybridized carbons (Fsp3) is 0.300. The van der Waals surface area contributed by atoms with E-state index < -0.39 is 11.9 Å². The Hall–Kier alpha value is -3.26. The lowest BCUT2D eigenvalue weighted by Gasteiger charge is -2.16. The van der Waals surface area contributed by atoms with Gasteiger partial charge in [0.05, 0.1) is 6.54 Å². The van der Waals surface area contributed by atoms with Gasteiger partial charge < -0.3 is 19.5 Å². The third-order valence-electron chi connectivity index (χ3n) is 4.06. The molecular formula is C20H23N3O5. The van der Waals surface area contributed by atoms with Gasteiger partial charge in [-0.3, -0.25) is 15.0 Å². The molecule has 0 radical (unpaired) electrons. The Bertz CT molecular complexity index is 838. The highest BCUT2D eigenvalue weighted by atomic mass is 16.7. The van der Waals surface area contributed by atoms with E-state index in [4.69, 9.17) is 14.2 Å². The van der Waals surface area contributed by atoms with Gasteiger partial charge in [0.2, 0.25) is 12.7 Å². The van der Waals surface area contributed by atoms with Gasteiger partial charge in [-0.1, -0.05) is 17.7 Å². The highest BCUT2D eigenvalue weighted by Crippen LogP contribution is 2.34. The molecule has 0 atom stereocenters. The molecule has 8 nitrogen and oxygen atoms in total. The van der Waals surface area contributed by atoms with E-state index >= 15 is 0 Å². The third kappa shape index (κ3) is 5.62. The molecule has 0 spiro atoms. The summed E-state index contributed by atoms with van der Waals surface area (Å²) >= 11 is 0. The fourth-order valence-electron chi connectivity index (χ4n) is 2.58. The Balaban J connectivity index is 1.36. The molecule has 1 aliphatic heterocycles. The lowest BCUT2D eigenvalue weighted by molar-refractivity contribution is -0.120. The second-order valence-corrected chi connectivity index (χ2v) is 6.47. The quantitative estimate of drug-likeness (QED) is 0.761. The van der Waals surface area contributed by atoms with Crippen LogP contribution >= 0.6 is 0 Å². The first-order chi connectivity index (χ1) is 13.5. The van der Waals surface area contributed by atoms with E-state index in [2.05, 4.69) is 10.6 Å². The number of carbonyl (C=O) groups is 2. The van der Waals surface area contributed by atoms with Crippen molar-refractivity contribution in [2.75, 3.05) is 38.9 Å². The molecule has 0 bridgehead atoms. The summed E-state index contributed by atoms with van der Waals surface area (Å²) < 4.78 is 16.1. The van der Waals surface area contributed by atoms with Crippen molar-refractivity contribution in [3.05, 3.63) is 48.0 Å². The maximum absolute atomic E-state index is 12.0. The zero-order chi connectivity index (χ0) is 19.9. The van der Waals surface area contributed by atoms with Crippen molar-refractivity contribution >= 4 is 17.6 Å². The van der Waals surface area contributed by atoms with Gasteiger partial charge >= 0.3 is 6.03 Å². The van der Waals surface area contributed by atoms with Crippen LogP contribution < -0.4 is 24.8 Å². The van der Waals surface area contributed by atoms with Crippen molar-refractivity contribution in [2.45, 2.75) is 6.92 Å². The molecule has 0 unspecified atom stereocenters. The van der Waals surface area contributed by atoms with E-state index in [-0.39, 0.29) is 13.3 Å². The molecule has 2 N–H and O–H groups in total. The molecule has 3 rings (SSSR count). The van der Waals surface area contributed by atoms with Crippen molar-refractivity contribution in [1.82, 2.24) is 10.2 Å². The van der Waals surface area contributed by atoms with Crippen LogP contribution in [0.3, 0.4) is 0 Å². The molecule has 1 heterocycles. The lowest BCUT2D eigenvalue weighted by atomic mass is 10.2. The maximum Gasteiger partial charge on any atom is 0.325 e. The number of benzene rings is 2. The first-order valence-corrected chi connectivity index (χ1v) is 8.88. The average Bonchev–Trinajstić information content (AvgIpc) is 3.11. The molecule has 3 amide bonds. The lowest BCUT2D eigenvalue weighted by Crippen LogP contribution is -2.41. The monoisotopic (exact) mass is 385 g/mol. The Kier molecular flexibility index (Phi) is 6.33. The van der Waals surface area contributed by atoms with E-state index in [1.807, 2.05) is 31.2 Å². The molecule has 2 aromatic carbocycles. The number of imide groups is 1. The third-order valence-corrected chi connectivity index (χ3v) is 4.06. The number of rotatable bonds is 7. The van der Waals surface area contributed by atoms with E-state index in [1.165, 1.54) is 5.56 Å². The van der Waals surface area contributed by atoms with Crippen LogP contribution in [0.5, 0.6) is 17.2 Å². The van der Waals surface area contributed by atoms with Crippen molar-refractivity contribution in [3.63, 3.8) is 0 Å². The Morgan fingerprint density at radius 1 is 1.11 bits per heavy atom. The van der Waals surface area contributed by atoms with Crippen LogP contribution in [0.2, 0.25) is 0 Å². The molecule has 1 aliphatic rings. The van der Waals surface area contributed by atoms with Gasteiger partial charge in [0, 0.05) is 18.3 Å². The first kappa shape index (κ1) is 19.5. The molecule has 28 heavy (non-hydrogen) atoms. The van der Waals surface area contributed by atoms with E-state index in [1.54, 1.807) is 30.1 Å². The minimum Gasteiger partial charge on any atom is -0.492 e. The van der Waals surface area contributed by atoms with Crippen LogP contribution in [0.15, 0.2) is 42.5 Å². The Morgan fingerprint density at radius 2 is 1.86 bits per heavy atom. The number of carbonyl (C=O) groups excluding carboxylic acids is 2. The summed E-state index contributed by atoms with van der Waals surface area (Å²) in [6, 6.07) is 12.2. The number of aryl methyl sites for hydroxylation is 1. The molecule has 0 saturated carbocycles. The standard InChI is InChI=1S/C20H23N3O5/c1-14-3-6-16(7-4-14)26-10-9-23(2)12-19(24)22-20(25)21-15-5-8-17-18(11-15)28-13-27-17/h3-8,11H,9-10,12-13H2,1-2H3,(H2,21,22,24,25). The number of ether oxygens (including phenoxy) is 3. The molecule has 148 valence electrons. The largest absolute Gasteiger partial charge is 0.492 e. The van der Waals surface area contributed by atoms with E-state index in [0.29, 0.717) is 30.3 Å². The van der Waals surface area contributed by atoms with Gasteiger partial charge in [-0.25, -0.2) is 4.79 Å². The average molecular weight is 385 g/mol. The number of urea groups is 1. The molecule has 0 fully saturated rings. The van der Waals surface area contributed by atoms with Crippen LogP contribution in [0.4, 0.5) is 10.5 Å². The number of nitrogens with zero attached hydrogens (tertiary/aromatic N) is 1. The van der Waals surface area contributed by atoms with Gasteiger partial charge in [0.25, 0.3) is 0 Å². The van der Waals surface area contributed by atoms with Gasteiger partial charge in [0.15, 0.2) is 11.5 Å². The summed E-state index contributed by atoms with van der Waals surface area (Å²) in [6.45, 7) is 3.23. The molecule has 0 saturated heterocycles. The zero-order valence-corrected chi connectivity index (χ0v) is 15.9. The van der Waals surface area contributed by atoms with Gasteiger partial charge in [0.1, 0.15) is 12.4 Å². The van der Waals surface area contributed by atoms with Crippen molar-refractivity contribution < 1.29 is 23.8 Å². The van der Waals surface area contributed by atoms with Gasteiger partial charge in [-0.05, 0) is 38.2 Å². The van der Waals surface area contributed by atoms with Crippen LogP contribution in [0.25, 0.3) is 0 Å². The van der Waals surface area contributed by atoms with Crippen LogP contribution in [-0.4, -0.2) is 50.4 Å². The summed E-state index contributed by atoms with van der Waals surface area (Å²) in [4.78, 5) is 25.8. The summed E-state index contributed by atoms with van der Waals surface area (Å²) in [5.41, 5.74) is 1.68. The van der Waals surface area contributed by atoms with Crippen molar-refractivity contribution in [2.24, 2.45) is 0 Å². The summed E-state index contributed by atoms with van der Waals surface area (Å²) in [6.07, 6.45) is 0. The van der Waals surface area contributed by atoms with Crippen molar-refractivity contribution in [3.8, 4) is 17.2 Å². The van der Waals surface area contributed by atoms with E-state index in [0.717, 1.165) is 5.75 Å². The van der Waals surface area contributed by atoms with Crippen molar-refractivity contribution in [1.29, 1.82) is 0 Å². The maximum atomic E-state index is 12.0. The summed E-state index contributed by atoms with van der Waals surface area (Å²) in [7, 11) is 1.79. The number of anilines is 1. The molecule has 2 aromatic rings. The minimum atomic E-state index is -0.604. The topological polar surface area (TPSA) is 89.1 Å². The Labute approximate surface area is 163 Å². The predicted molar refractivity (Wildman–Crippen MR) is 104 cm³/mol. The summed E-state index contributed by atoms with van der Waals surface area (Å²) in [5.74, 6) is 1.55. The molecular weight excluding hydrogens is 362 g/mol. The normalized spacial score (nSPS) is 12.0. The number of hydrogen-bond acceptors (Lipinski definition) is 6. The number of nitrogens with one attached hydrogen (secondary N) is 2. The highest BCUT2D eigenvalue weighted by Gasteiger charge is 2.15. The van der Waals surface area contributed by atoms with Gasteiger partial charge in [-0.2, -0.15) is 0 Å². The van der Waals surface area contributed by atoms with Crippen LogP contribution in [0, 0.1) is 6.92 Å². The minimum absolute atomic E-state index is 0.0752. The number of amides is 3. The predicted octanol–water partition coefficient (Wildman–Crippen LogP) is 2.38. The second kappa shape index (κ2) is 9.09. The fourth-order valence-corrected chi connectivity index (χ4v) is 2.58. The van der Waals surface area contributed by atoms with E-state index in [9.17, 15) is 9.59 Å². The van der Waals surface area contributed by atoms with Crippen LogP contribution in [-0.2, 0) is 4.79 Å². The van der Waals surface area contributed by atoms with Crippen LogP contribution in [0.1, 0.15) is 5.56 Å². The molecule has 8 heteroatoms. The SMILES string of the molecule is Cc1ccc(OCCN(C)CC(=O)NC(=O)Nc2ccc3c(c2)OCO3)cc1. The second-order valence-electron chi connectivity index (χ2n) is 6.47. The molecule has 0 aliphatic carbocycles. The Morgan fingerprint density at radius 3 is 2.64 bits per heavy atom. The van der Waals surface area contributed by atoms with Gasteiger partial charge in [-0.15, -0.1) is 0 Å². The first-order valence-electron chi connectivity index (χ1n) is 8.88. The zero-order valence-electron chi connectivity index (χ0n) is 15.9. The smallest absolute Gasteiger partial charge is 0.325 e. The summed E-state index contributed by atoms with van der Waals surface area (Å²) in [5, 5.41) is 4.89. The number of likely N-dealkylation sites (N-methyl/N-ethyl adjacent to an activating group) is 1. The molecule has 0 aromatic heterocycles. The number of hydrogen-bond donors (Lipinski definition) is 2. The number of fused-ring (bicyclic) bond motifs is 1.